The molecule has 1 amide bonds. The van der Waals surface area contributed by atoms with Gasteiger partial charge in [-0.1, -0.05) is 42.1 Å². The summed E-state index contributed by atoms with van der Waals surface area (Å²) in [5.41, 5.74) is 0.910. The molecule has 2 aromatic carbocycles. The molecular formula is C22H25N5OS. The van der Waals surface area contributed by atoms with E-state index in [1.807, 2.05) is 60.7 Å². The van der Waals surface area contributed by atoms with E-state index in [9.17, 15) is 10.1 Å². The van der Waals surface area contributed by atoms with Crippen LogP contribution in [0.5, 0.6) is 0 Å². The van der Waals surface area contributed by atoms with Crippen molar-refractivity contribution < 1.29 is 4.79 Å². The molecule has 1 heterocycles. The molecule has 3 N–H and O–H groups in total. The fourth-order valence-electron chi connectivity index (χ4n) is 2.95. The lowest BCUT2D eigenvalue weighted by Crippen LogP contribution is -2.46. The first kappa shape index (κ1) is 20.9. The molecule has 29 heavy (non-hydrogen) atoms. The Morgan fingerprint density at radius 1 is 1.14 bits per heavy atom. The van der Waals surface area contributed by atoms with Gasteiger partial charge in [-0.3, -0.25) is 9.69 Å². The number of anilines is 1. The topological polar surface area (TPSA) is 80.2 Å². The van der Waals surface area contributed by atoms with Gasteiger partial charge in [-0.15, -0.1) is 0 Å². The number of benzene rings is 2. The molecular weight excluding hydrogens is 382 g/mol. The van der Waals surface area contributed by atoms with E-state index in [1.165, 1.54) is 6.20 Å². The highest BCUT2D eigenvalue weighted by Crippen LogP contribution is 2.33. The normalized spacial score (nSPS) is 14.8. The van der Waals surface area contributed by atoms with Crippen molar-refractivity contribution in [2.45, 2.75) is 9.79 Å². The summed E-state index contributed by atoms with van der Waals surface area (Å²) in [4.78, 5) is 16.8. The van der Waals surface area contributed by atoms with Crippen LogP contribution in [0.15, 0.2) is 76.2 Å². The molecule has 2 aromatic rings. The first-order chi connectivity index (χ1) is 14.3. The molecule has 0 bridgehead atoms. The minimum absolute atomic E-state index is 0.0600. The number of carbonyl (C=O) groups is 1. The standard InChI is InChI=1S/C22H25N5OS/c23-16-18(22(28)25-12-15-27-13-10-24-11-14-27)17-26-20-8-4-5-9-21(20)29-19-6-2-1-3-7-19/h1-9,17,24,26H,10-15H2,(H,25,28)/b18-17-. The summed E-state index contributed by atoms with van der Waals surface area (Å²) in [5, 5.41) is 18.6. The van der Waals surface area contributed by atoms with Crippen LogP contribution in [-0.2, 0) is 4.79 Å². The van der Waals surface area contributed by atoms with Crippen molar-refractivity contribution in [2.75, 3.05) is 44.6 Å². The summed E-state index contributed by atoms with van der Waals surface area (Å²) >= 11 is 1.63. The summed E-state index contributed by atoms with van der Waals surface area (Å²) < 4.78 is 0. The molecule has 0 saturated carbocycles. The predicted octanol–water partition coefficient (Wildman–Crippen LogP) is 2.68. The predicted molar refractivity (Wildman–Crippen MR) is 117 cm³/mol. The number of carbonyl (C=O) groups excluding carboxylic acids is 1. The molecule has 0 aromatic heterocycles. The van der Waals surface area contributed by atoms with E-state index in [4.69, 9.17) is 0 Å². The molecule has 0 aliphatic carbocycles. The van der Waals surface area contributed by atoms with Crippen molar-refractivity contribution >= 4 is 23.4 Å². The van der Waals surface area contributed by atoms with Crippen molar-refractivity contribution in [2.24, 2.45) is 0 Å². The van der Waals surface area contributed by atoms with Crippen LogP contribution in [0.1, 0.15) is 0 Å². The Hall–Kier alpha value is -2.79. The number of para-hydroxylation sites is 1. The van der Waals surface area contributed by atoms with Gasteiger partial charge in [0.25, 0.3) is 5.91 Å². The monoisotopic (exact) mass is 407 g/mol. The van der Waals surface area contributed by atoms with E-state index in [0.717, 1.165) is 48.2 Å². The Morgan fingerprint density at radius 3 is 2.62 bits per heavy atom. The summed E-state index contributed by atoms with van der Waals surface area (Å²) in [6.07, 6.45) is 1.48. The fourth-order valence-corrected chi connectivity index (χ4v) is 3.88. The highest BCUT2D eigenvalue weighted by atomic mass is 32.2. The average molecular weight is 408 g/mol. The molecule has 1 aliphatic heterocycles. The lowest BCUT2D eigenvalue weighted by atomic mass is 10.2. The van der Waals surface area contributed by atoms with Gasteiger partial charge in [-0.2, -0.15) is 5.26 Å². The Morgan fingerprint density at radius 2 is 1.86 bits per heavy atom. The van der Waals surface area contributed by atoms with Crippen LogP contribution in [0.25, 0.3) is 0 Å². The van der Waals surface area contributed by atoms with Crippen LogP contribution < -0.4 is 16.0 Å². The molecule has 0 spiro atoms. The highest BCUT2D eigenvalue weighted by Gasteiger charge is 2.12. The van der Waals surface area contributed by atoms with Crippen LogP contribution in [0.4, 0.5) is 5.69 Å². The minimum atomic E-state index is -0.358. The van der Waals surface area contributed by atoms with Gasteiger partial charge >= 0.3 is 0 Å². The third-order valence-corrected chi connectivity index (χ3v) is 5.60. The molecule has 1 aliphatic rings. The number of nitrogens with zero attached hydrogens (tertiary/aromatic N) is 2. The minimum Gasteiger partial charge on any atom is -0.359 e. The van der Waals surface area contributed by atoms with Gasteiger partial charge in [0.1, 0.15) is 11.6 Å². The lowest BCUT2D eigenvalue weighted by molar-refractivity contribution is -0.117. The van der Waals surface area contributed by atoms with Gasteiger partial charge in [-0.25, -0.2) is 0 Å². The molecule has 6 nitrogen and oxygen atoms in total. The van der Waals surface area contributed by atoms with Gasteiger partial charge in [0.05, 0.1) is 5.69 Å². The summed E-state index contributed by atoms with van der Waals surface area (Å²) in [6.45, 7) is 5.22. The van der Waals surface area contributed by atoms with Crippen molar-refractivity contribution in [3.63, 3.8) is 0 Å². The maximum atomic E-state index is 12.3. The number of amides is 1. The van der Waals surface area contributed by atoms with Gasteiger partial charge in [0.15, 0.2) is 0 Å². The molecule has 0 unspecified atom stereocenters. The zero-order valence-corrected chi connectivity index (χ0v) is 17.0. The van der Waals surface area contributed by atoms with Crippen molar-refractivity contribution in [3.8, 4) is 6.07 Å². The molecule has 0 radical (unpaired) electrons. The number of rotatable bonds is 8. The van der Waals surface area contributed by atoms with E-state index in [0.29, 0.717) is 6.54 Å². The molecule has 3 rings (SSSR count). The SMILES string of the molecule is N#C/C(=C/Nc1ccccc1Sc1ccccc1)C(=O)NCCN1CCNCC1. The van der Waals surface area contributed by atoms with Crippen molar-refractivity contribution in [1.82, 2.24) is 15.5 Å². The Balaban J connectivity index is 1.57. The summed E-state index contributed by atoms with van der Waals surface area (Å²) in [5.74, 6) is -0.358. The van der Waals surface area contributed by atoms with E-state index in [-0.39, 0.29) is 11.5 Å². The van der Waals surface area contributed by atoms with Crippen LogP contribution in [0.3, 0.4) is 0 Å². The van der Waals surface area contributed by atoms with Crippen molar-refractivity contribution in [3.05, 3.63) is 66.4 Å². The zero-order valence-electron chi connectivity index (χ0n) is 16.2. The maximum Gasteiger partial charge on any atom is 0.263 e. The molecule has 1 fully saturated rings. The van der Waals surface area contributed by atoms with Crippen LogP contribution in [0.2, 0.25) is 0 Å². The third kappa shape index (κ3) is 6.64. The third-order valence-electron chi connectivity index (χ3n) is 4.52. The first-order valence-electron chi connectivity index (χ1n) is 9.66. The smallest absolute Gasteiger partial charge is 0.263 e. The molecule has 0 atom stereocenters. The second-order valence-corrected chi connectivity index (χ2v) is 7.69. The number of nitrogens with one attached hydrogen (secondary N) is 3. The lowest BCUT2D eigenvalue weighted by Gasteiger charge is -2.27. The molecule has 1 saturated heterocycles. The Labute approximate surface area is 176 Å². The molecule has 150 valence electrons. The van der Waals surface area contributed by atoms with E-state index < -0.39 is 0 Å². The summed E-state index contributed by atoms with van der Waals surface area (Å²) in [7, 11) is 0. The molecule has 7 heteroatoms. The number of piperazine rings is 1. The van der Waals surface area contributed by atoms with Crippen molar-refractivity contribution in [1.29, 1.82) is 5.26 Å². The Bertz CT molecular complexity index is 872. The number of hydrogen-bond acceptors (Lipinski definition) is 6. The average Bonchev–Trinajstić information content (AvgIpc) is 2.77. The number of hydrogen-bond donors (Lipinski definition) is 3. The van der Waals surface area contributed by atoms with Gasteiger partial charge in [-0.05, 0) is 24.3 Å². The Kier molecular flexibility index (Phi) is 8.13. The van der Waals surface area contributed by atoms with E-state index in [1.54, 1.807) is 11.8 Å². The van der Waals surface area contributed by atoms with Gasteiger partial charge in [0, 0.05) is 55.3 Å². The maximum absolute atomic E-state index is 12.3. The van der Waals surface area contributed by atoms with Gasteiger partial charge in [0.2, 0.25) is 0 Å². The largest absolute Gasteiger partial charge is 0.359 e. The van der Waals surface area contributed by atoms with E-state index >= 15 is 0 Å². The second kappa shape index (κ2) is 11.3. The van der Waals surface area contributed by atoms with Gasteiger partial charge < -0.3 is 16.0 Å². The van der Waals surface area contributed by atoms with Crippen LogP contribution in [0, 0.1) is 11.3 Å². The number of nitriles is 1. The summed E-state index contributed by atoms with van der Waals surface area (Å²) in [6, 6.07) is 19.9. The van der Waals surface area contributed by atoms with Crippen LogP contribution >= 0.6 is 11.8 Å². The highest BCUT2D eigenvalue weighted by molar-refractivity contribution is 7.99. The van der Waals surface area contributed by atoms with E-state index in [2.05, 4.69) is 20.9 Å². The second-order valence-electron chi connectivity index (χ2n) is 6.57. The van der Waals surface area contributed by atoms with Crippen LogP contribution in [-0.4, -0.2) is 50.1 Å². The quantitative estimate of drug-likeness (QED) is 0.461. The zero-order chi connectivity index (χ0) is 20.3. The fraction of sp³-hybridized carbons (Fsp3) is 0.273. The first-order valence-corrected chi connectivity index (χ1v) is 10.5.